The Kier molecular flexibility index (Phi) is 5.61. The molecule has 2 aromatic rings. The molecule has 2 amide bonds. The molecule has 0 aliphatic rings. The van der Waals surface area contributed by atoms with E-state index >= 15 is 0 Å². The van der Waals surface area contributed by atoms with Crippen LogP contribution in [0, 0.1) is 6.92 Å². The van der Waals surface area contributed by atoms with Crippen LogP contribution in [0.1, 0.15) is 15.9 Å². The van der Waals surface area contributed by atoms with E-state index in [1.165, 1.54) is 17.3 Å². The molecule has 0 aromatic heterocycles. The average molecular weight is 315 g/mol. The van der Waals surface area contributed by atoms with Crippen molar-refractivity contribution in [3.8, 4) is 5.75 Å². The van der Waals surface area contributed by atoms with Crippen LogP contribution in [0.2, 0.25) is 0 Å². The van der Waals surface area contributed by atoms with Crippen LogP contribution < -0.4 is 10.1 Å². The van der Waals surface area contributed by atoms with Gasteiger partial charge < -0.3 is 4.74 Å². The molecule has 0 bridgehead atoms. The molecule has 2 aromatic carbocycles. The van der Waals surface area contributed by atoms with Gasteiger partial charge in [-0.1, -0.05) is 17.7 Å². The normalized spacial score (nSPS) is 10.1. The van der Waals surface area contributed by atoms with Gasteiger partial charge in [0.2, 0.25) is 5.91 Å². The van der Waals surface area contributed by atoms with Gasteiger partial charge in [-0.3, -0.25) is 14.9 Å². The van der Waals surface area contributed by atoms with Crippen LogP contribution in [0.15, 0.2) is 53.4 Å². The number of carbonyl (C=O) groups is 2. The molecule has 1 N–H and O–H groups in total. The predicted molar refractivity (Wildman–Crippen MR) is 87.4 cm³/mol. The largest absolute Gasteiger partial charge is 0.497 e. The molecule has 0 fully saturated rings. The molecule has 0 spiro atoms. The Morgan fingerprint density at radius 1 is 1.05 bits per heavy atom. The van der Waals surface area contributed by atoms with E-state index in [2.05, 4.69) is 5.32 Å². The number of hydrogen-bond acceptors (Lipinski definition) is 4. The standard InChI is InChI=1S/C17H17NO3S/c1-12-3-9-15(10-4-12)22-11-16(19)18-17(20)13-5-7-14(21-2)8-6-13/h3-10H,11H2,1-2H3,(H,18,19,20). The van der Waals surface area contributed by atoms with Crippen molar-refractivity contribution in [2.75, 3.05) is 12.9 Å². The Hall–Kier alpha value is -2.27. The number of ether oxygens (including phenoxy) is 1. The number of methoxy groups -OCH3 is 1. The molecule has 0 radical (unpaired) electrons. The maximum absolute atomic E-state index is 11.9. The number of benzene rings is 2. The quantitative estimate of drug-likeness (QED) is 0.862. The van der Waals surface area contributed by atoms with Gasteiger partial charge >= 0.3 is 0 Å². The zero-order chi connectivity index (χ0) is 15.9. The summed E-state index contributed by atoms with van der Waals surface area (Å²) in [4.78, 5) is 24.7. The lowest BCUT2D eigenvalue weighted by Gasteiger charge is -2.05. The number of thioether (sulfide) groups is 1. The summed E-state index contributed by atoms with van der Waals surface area (Å²) in [5.41, 5.74) is 1.60. The molecule has 0 unspecified atom stereocenters. The minimum Gasteiger partial charge on any atom is -0.497 e. The second-order valence-corrected chi connectivity index (χ2v) is 5.76. The molecule has 114 valence electrons. The first-order chi connectivity index (χ1) is 10.6. The van der Waals surface area contributed by atoms with Crippen molar-refractivity contribution in [2.45, 2.75) is 11.8 Å². The minimum atomic E-state index is -0.405. The molecule has 22 heavy (non-hydrogen) atoms. The summed E-state index contributed by atoms with van der Waals surface area (Å²) in [5, 5.41) is 2.38. The highest BCUT2D eigenvalue weighted by molar-refractivity contribution is 8.00. The first-order valence-corrected chi connectivity index (χ1v) is 7.75. The zero-order valence-corrected chi connectivity index (χ0v) is 13.3. The van der Waals surface area contributed by atoms with E-state index in [0.717, 1.165) is 4.90 Å². The Morgan fingerprint density at radius 3 is 2.27 bits per heavy atom. The van der Waals surface area contributed by atoms with Crippen molar-refractivity contribution < 1.29 is 14.3 Å². The Morgan fingerprint density at radius 2 is 1.68 bits per heavy atom. The summed E-state index contributed by atoms with van der Waals surface area (Å²) in [5.74, 6) is 0.145. The zero-order valence-electron chi connectivity index (χ0n) is 12.5. The summed E-state index contributed by atoms with van der Waals surface area (Å²) in [6.07, 6.45) is 0. The Labute approximate surface area is 133 Å². The van der Waals surface area contributed by atoms with Crippen molar-refractivity contribution >= 4 is 23.6 Å². The summed E-state index contributed by atoms with van der Waals surface area (Å²) in [6.45, 7) is 2.01. The van der Waals surface area contributed by atoms with Crippen molar-refractivity contribution in [3.63, 3.8) is 0 Å². The molecular formula is C17H17NO3S. The summed E-state index contributed by atoms with van der Waals surface area (Å²) in [6, 6.07) is 14.5. The van der Waals surface area contributed by atoms with E-state index in [4.69, 9.17) is 4.74 Å². The van der Waals surface area contributed by atoms with E-state index in [9.17, 15) is 9.59 Å². The van der Waals surface area contributed by atoms with Crippen molar-refractivity contribution in [1.29, 1.82) is 0 Å². The fraction of sp³-hybridized carbons (Fsp3) is 0.176. The molecular weight excluding hydrogens is 298 g/mol. The van der Waals surface area contributed by atoms with Gasteiger partial charge in [-0.25, -0.2) is 0 Å². The third kappa shape index (κ3) is 4.63. The molecule has 5 heteroatoms. The van der Waals surface area contributed by atoms with E-state index in [-0.39, 0.29) is 11.7 Å². The molecule has 4 nitrogen and oxygen atoms in total. The van der Waals surface area contributed by atoms with Gasteiger partial charge in [-0.2, -0.15) is 0 Å². The van der Waals surface area contributed by atoms with Crippen molar-refractivity contribution in [3.05, 3.63) is 59.7 Å². The SMILES string of the molecule is COc1ccc(C(=O)NC(=O)CSc2ccc(C)cc2)cc1. The van der Waals surface area contributed by atoms with Crippen molar-refractivity contribution in [1.82, 2.24) is 5.32 Å². The van der Waals surface area contributed by atoms with Gasteiger partial charge in [0.05, 0.1) is 12.9 Å². The molecule has 0 aliphatic heterocycles. The highest BCUT2D eigenvalue weighted by Crippen LogP contribution is 2.18. The Bertz CT molecular complexity index is 651. The number of nitrogens with one attached hydrogen (secondary N) is 1. The maximum atomic E-state index is 11.9. The van der Waals surface area contributed by atoms with E-state index in [1.807, 2.05) is 31.2 Å². The number of aryl methyl sites for hydroxylation is 1. The molecule has 0 saturated heterocycles. The van der Waals surface area contributed by atoms with Gasteiger partial charge in [-0.15, -0.1) is 11.8 Å². The number of amides is 2. The third-order valence-electron chi connectivity index (χ3n) is 3.00. The first-order valence-electron chi connectivity index (χ1n) is 6.76. The van der Waals surface area contributed by atoms with E-state index in [1.54, 1.807) is 31.4 Å². The van der Waals surface area contributed by atoms with E-state index in [0.29, 0.717) is 11.3 Å². The predicted octanol–water partition coefficient (Wildman–Crippen LogP) is 3.05. The molecule has 0 atom stereocenters. The molecule has 0 aliphatic carbocycles. The molecule has 2 rings (SSSR count). The van der Waals surface area contributed by atoms with Crippen LogP contribution in [0.4, 0.5) is 0 Å². The molecule has 0 heterocycles. The van der Waals surface area contributed by atoms with Gasteiger partial charge in [-0.05, 0) is 43.3 Å². The molecule has 0 saturated carbocycles. The van der Waals surface area contributed by atoms with Crippen LogP contribution in [0.3, 0.4) is 0 Å². The van der Waals surface area contributed by atoms with Gasteiger partial charge in [0.1, 0.15) is 5.75 Å². The first kappa shape index (κ1) is 16.1. The lowest BCUT2D eigenvalue weighted by atomic mass is 10.2. The summed E-state index contributed by atoms with van der Waals surface area (Å²) in [7, 11) is 1.56. The van der Waals surface area contributed by atoms with Crippen LogP contribution in [-0.4, -0.2) is 24.7 Å². The Balaban J connectivity index is 1.85. The van der Waals surface area contributed by atoms with Gasteiger partial charge in [0, 0.05) is 10.5 Å². The van der Waals surface area contributed by atoms with Crippen molar-refractivity contribution in [2.24, 2.45) is 0 Å². The fourth-order valence-electron chi connectivity index (χ4n) is 1.76. The van der Waals surface area contributed by atoms with Crippen LogP contribution in [0.5, 0.6) is 5.75 Å². The average Bonchev–Trinajstić information content (AvgIpc) is 2.54. The van der Waals surface area contributed by atoms with Gasteiger partial charge in [0.25, 0.3) is 5.91 Å². The monoisotopic (exact) mass is 315 g/mol. The number of rotatable bonds is 5. The van der Waals surface area contributed by atoms with Gasteiger partial charge in [0.15, 0.2) is 0 Å². The van der Waals surface area contributed by atoms with Crippen LogP contribution in [-0.2, 0) is 4.79 Å². The number of imide groups is 1. The highest BCUT2D eigenvalue weighted by Gasteiger charge is 2.10. The van der Waals surface area contributed by atoms with Crippen LogP contribution >= 0.6 is 11.8 Å². The highest BCUT2D eigenvalue weighted by atomic mass is 32.2. The second-order valence-electron chi connectivity index (χ2n) is 4.71. The topological polar surface area (TPSA) is 55.4 Å². The smallest absolute Gasteiger partial charge is 0.257 e. The lowest BCUT2D eigenvalue weighted by molar-refractivity contribution is -0.117. The fourth-order valence-corrected chi connectivity index (χ4v) is 2.46. The van der Waals surface area contributed by atoms with E-state index < -0.39 is 5.91 Å². The third-order valence-corrected chi connectivity index (χ3v) is 4.01. The van der Waals surface area contributed by atoms with Crippen LogP contribution in [0.25, 0.3) is 0 Å². The second kappa shape index (κ2) is 7.66. The maximum Gasteiger partial charge on any atom is 0.257 e. The summed E-state index contributed by atoms with van der Waals surface area (Å²) < 4.78 is 5.02. The summed E-state index contributed by atoms with van der Waals surface area (Å²) >= 11 is 1.40. The number of carbonyl (C=O) groups excluding carboxylic acids is 2. The lowest BCUT2D eigenvalue weighted by Crippen LogP contribution is -2.31. The number of hydrogen-bond donors (Lipinski definition) is 1. The minimum absolute atomic E-state index is 0.199.